The van der Waals surface area contributed by atoms with Crippen LogP contribution in [0.2, 0.25) is 10.0 Å². The fourth-order valence-electron chi connectivity index (χ4n) is 5.28. The molecule has 0 aliphatic heterocycles. The third kappa shape index (κ3) is 1.80. The van der Waals surface area contributed by atoms with Gasteiger partial charge in [0.2, 0.25) is 0 Å². The van der Waals surface area contributed by atoms with E-state index in [9.17, 15) is 4.79 Å². The minimum absolute atomic E-state index is 0.121. The van der Waals surface area contributed by atoms with Crippen LogP contribution in [0.4, 0.5) is 0 Å². The van der Waals surface area contributed by atoms with Crippen LogP contribution in [0.15, 0.2) is 10.9 Å². The van der Waals surface area contributed by atoms with Gasteiger partial charge in [0.05, 0.1) is 5.02 Å². The molecule has 4 heteroatoms. The van der Waals surface area contributed by atoms with E-state index in [2.05, 4.69) is 4.98 Å². The van der Waals surface area contributed by atoms with E-state index in [4.69, 9.17) is 23.2 Å². The third-order valence-corrected chi connectivity index (χ3v) is 6.10. The first-order valence-corrected chi connectivity index (χ1v) is 7.90. The maximum Gasteiger partial charge on any atom is 0.267 e. The lowest BCUT2D eigenvalue weighted by molar-refractivity contribution is -0.00723. The van der Waals surface area contributed by atoms with Crippen LogP contribution >= 0.6 is 23.2 Å². The van der Waals surface area contributed by atoms with Crippen molar-refractivity contribution in [3.05, 3.63) is 32.2 Å². The molecule has 0 unspecified atom stereocenters. The molecule has 4 saturated carbocycles. The zero-order valence-electron chi connectivity index (χ0n) is 10.7. The molecule has 4 aliphatic carbocycles. The lowest BCUT2D eigenvalue weighted by atomic mass is 9.49. The van der Waals surface area contributed by atoms with Gasteiger partial charge in [-0.15, -0.1) is 0 Å². The Balaban J connectivity index is 1.84. The van der Waals surface area contributed by atoms with Gasteiger partial charge >= 0.3 is 0 Å². The Morgan fingerprint density at radius 3 is 2.05 bits per heavy atom. The zero-order chi connectivity index (χ0) is 13.2. The first-order chi connectivity index (χ1) is 9.06. The number of aromatic nitrogens is 1. The Morgan fingerprint density at radius 1 is 1.00 bits per heavy atom. The second kappa shape index (κ2) is 4.02. The van der Waals surface area contributed by atoms with Gasteiger partial charge in [-0.25, -0.2) is 0 Å². The second-order valence-electron chi connectivity index (χ2n) is 6.87. The van der Waals surface area contributed by atoms with Gasteiger partial charge in [-0.3, -0.25) is 4.79 Å². The van der Waals surface area contributed by atoms with Crippen molar-refractivity contribution in [3.63, 3.8) is 0 Å². The lowest BCUT2D eigenvalue weighted by Crippen LogP contribution is -2.49. The molecule has 102 valence electrons. The normalized spacial score (nSPS) is 39.8. The van der Waals surface area contributed by atoms with Crippen molar-refractivity contribution in [2.75, 3.05) is 0 Å². The van der Waals surface area contributed by atoms with Crippen LogP contribution < -0.4 is 5.56 Å². The van der Waals surface area contributed by atoms with E-state index in [1.54, 1.807) is 6.07 Å². The minimum Gasteiger partial charge on any atom is -0.323 e. The van der Waals surface area contributed by atoms with E-state index in [1.807, 2.05) is 0 Å². The van der Waals surface area contributed by atoms with Crippen LogP contribution in [0.5, 0.6) is 0 Å². The van der Waals surface area contributed by atoms with Crippen LogP contribution in [0, 0.1) is 17.8 Å². The molecule has 2 nitrogen and oxygen atoms in total. The smallest absolute Gasteiger partial charge is 0.267 e. The fourth-order valence-corrected chi connectivity index (χ4v) is 5.85. The first-order valence-electron chi connectivity index (χ1n) is 7.14. The van der Waals surface area contributed by atoms with Crippen molar-refractivity contribution < 1.29 is 0 Å². The van der Waals surface area contributed by atoms with E-state index < -0.39 is 0 Å². The van der Waals surface area contributed by atoms with Crippen molar-refractivity contribution in [2.45, 2.75) is 43.9 Å². The zero-order valence-corrected chi connectivity index (χ0v) is 12.2. The van der Waals surface area contributed by atoms with Gasteiger partial charge < -0.3 is 4.98 Å². The van der Waals surface area contributed by atoms with Gasteiger partial charge in [0.1, 0.15) is 5.02 Å². The number of H-pyrrole nitrogens is 1. The highest BCUT2D eigenvalue weighted by Crippen LogP contribution is 2.61. The van der Waals surface area contributed by atoms with E-state index in [-0.39, 0.29) is 16.0 Å². The molecule has 1 aromatic rings. The summed E-state index contributed by atoms with van der Waals surface area (Å²) in [6.07, 6.45) is 7.72. The van der Waals surface area contributed by atoms with Crippen molar-refractivity contribution in [3.8, 4) is 0 Å². The van der Waals surface area contributed by atoms with E-state index in [1.165, 1.54) is 38.5 Å². The van der Waals surface area contributed by atoms with Gasteiger partial charge in [0.15, 0.2) is 0 Å². The predicted molar refractivity (Wildman–Crippen MR) is 76.9 cm³/mol. The highest BCUT2D eigenvalue weighted by molar-refractivity contribution is 6.34. The molecule has 1 heterocycles. The summed E-state index contributed by atoms with van der Waals surface area (Å²) in [6.45, 7) is 0. The van der Waals surface area contributed by atoms with E-state index in [0.29, 0.717) is 5.02 Å². The number of nitrogens with one attached hydrogen (secondary N) is 1. The molecule has 1 aromatic heterocycles. The molecule has 4 fully saturated rings. The third-order valence-electron chi connectivity index (χ3n) is 5.52. The molecule has 1 N–H and O–H groups in total. The monoisotopic (exact) mass is 297 g/mol. The van der Waals surface area contributed by atoms with E-state index >= 15 is 0 Å². The quantitative estimate of drug-likeness (QED) is 0.830. The first kappa shape index (κ1) is 12.3. The summed E-state index contributed by atoms with van der Waals surface area (Å²) in [5.41, 5.74) is 0.884. The molecule has 0 spiro atoms. The summed E-state index contributed by atoms with van der Waals surface area (Å²) in [5.74, 6) is 2.50. The average molecular weight is 298 g/mol. The molecular weight excluding hydrogens is 281 g/mol. The largest absolute Gasteiger partial charge is 0.323 e. The molecule has 5 rings (SSSR count). The summed E-state index contributed by atoms with van der Waals surface area (Å²) >= 11 is 12.2. The second-order valence-corrected chi connectivity index (χ2v) is 7.68. The van der Waals surface area contributed by atoms with E-state index in [0.717, 1.165) is 23.4 Å². The number of rotatable bonds is 1. The highest BCUT2D eigenvalue weighted by atomic mass is 35.5. The number of hydrogen-bond acceptors (Lipinski definition) is 1. The van der Waals surface area contributed by atoms with Crippen molar-refractivity contribution in [1.82, 2.24) is 4.98 Å². The molecular formula is C15H17Cl2NO. The summed E-state index contributed by atoms with van der Waals surface area (Å²) < 4.78 is 0. The molecule has 0 amide bonds. The Kier molecular flexibility index (Phi) is 2.60. The average Bonchev–Trinajstić information content (AvgIpc) is 2.32. The maximum atomic E-state index is 11.8. The molecule has 0 saturated heterocycles. The number of halogens is 2. The lowest BCUT2D eigenvalue weighted by Gasteiger charge is -2.56. The summed E-state index contributed by atoms with van der Waals surface area (Å²) in [5, 5.41) is 0.838. The number of aromatic amines is 1. The molecule has 4 aliphatic rings. The van der Waals surface area contributed by atoms with Gasteiger partial charge in [0, 0.05) is 11.1 Å². The maximum absolute atomic E-state index is 11.8. The van der Waals surface area contributed by atoms with Gasteiger partial charge in [-0.1, -0.05) is 23.2 Å². The van der Waals surface area contributed by atoms with Crippen molar-refractivity contribution in [1.29, 1.82) is 0 Å². The molecule has 0 atom stereocenters. The Labute approximate surface area is 122 Å². The number of pyridine rings is 1. The van der Waals surface area contributed by atoms with Crippen LogP contribution in [-0.2, 0) is 5.41 Å². The summed E-state index contributed by atoms with van der Waals surface area (Å²) in [4.78, 5) is 14.8. The Morgan fingerprint density at radius 2 is 1.53 bits per heavy atom. The fraction of sp³-hybridized carbons (Fsp3) is 0.667. The van der Waals surface area contributed by atoms with Gasteiger partial charge in [-0.05, 0) is 62.3 Å². The highest BCUT2D eigenvalue weighted by Gasteiger charge is 2.52. The Hall–Kier alpha value is -0.470. The van der Waals surface area contributed by atoms with Crippen LogP contribution in [-0.4, -0.2) is 4.98 Å². The van der Waals surface area contributed by atoms with Gasteiger partial charge in [-0.2, -0.15) is 0 Å². The standard InChI is InChI=1S/C15H17Cl2NO/c16-11-4-12(17)14(19)18-13(11)15-5-8-1-9(6-15)3-10(2-8)7-15/h4,8-10H,1-3,5-7H2,(H,18,19). The molecule has 4 bridgehead atoms. The van der Waals surface area contributed by atoms with Crippen LogP contribution in [0.3, 0.4) is 0 Å². The summed E-state index contributed by atoms with van der Waals surface area (Å²) in [7, 11) is 0. The minimum atomic E-state index is -0.197. The Bertz CT molecular complexity index is 557. The van der Waals surface area contributed by atoms with Crippen LogP contribution in [0.25, 0.3) is 0 Å². The van der Waals surface area contributed by atoms with Crippen molar-refractivity contribution >= 4 is 23.2 Å². The van der Waals surface area contributed by atoms with Crippen molar-refractivity contribution in [2.24, 2.45) is 17.8 Å². The summed E-state index contributed by atoms with van der Waals surface area (Å²) in [6, 6.07) is 1.62. The van der Waals surface area contributed by atoms with Gasteiger partial charge in [0.25, 0.3) is 5.56 Å². The topological polar surface area (TPSA) is 32.9 Å². The molecule has 0 radical (unpaired) electrons. The predicted octanol–water partition coefficient (Wildman–Crippen LogP) is 4.15. The molecule has 0 aromatic carbocycles. The van der Waals surface area contributed by atoms with Crippen LogP contribution in [0.1, 0.15) is 44.2 Å². The number of hydrogen-bond donors (Lipinski definition) is 1. The molecule has 19 heavy (non-hydrogen) atoms. The SMILES string of the molecule is O=c1[nH]c(C23CC4CC(CC(C4)C2)C3)c(Cl)cc1Cl.